The van der Waals surface area contributed by atoms with Crippen molar-refractivity contribution in [1.29, 1.82) is 0 Å². The van der Waals surface area contributed by atoms with Crippen molar-refractivity contribution in [2.75, 3.05) is 26.4 Å². The van der Waals surface area contributed by atoms with Crippen LogP contribution in [-0.2, 0) is 32.7 Å². The Labute approximate surface area is 318 Å². The van der Waals surface area contributed by atoms with E-state index in [0.717, 1.165) is 57.3 Å². The summed E-state index contributed by atoms with van der Waals surface area (Å²) in [6, 6.07) is 0. The number of phosphoric ester groups is 1. The highest BCUT2D eigenvalue weighted by Crippen LogP contribution is 2.43. The molecule has 1 rings (SSSR count). The number of phosphoric acid groups is 1. The number of carbonyl (C=O) groups excluding carboxylic acids is 2. The summed E-state index contributed by atoms with van der Waals surface area (Å²) in [6.45, 7) is 4.28. The zero-order valence-electron chi connectivity index (χ0n) is 32.7. The molecule has 0 aromatic carbocycles. The number of hydrogen-bond acceptors (Lipinski definition) is 12. The molecule has 0 spiro atoms. The highest BCUT2D eigenvalue weighted by molar-refractivity contribution is 7.47. The Balaban J connectivity index is 2.51. The topological polar surface area (TPSA) is 210 Å². The Kier molecular flexibility index (Phi) is 27.9. The summed E-state index contributed by atoms with van der Waals surface area (Å²) in [7, 11) is -4.67. The van der Waals surface area contributed by atoms with Gasteiger partial charge in [-0.2, -0.15) is 0 Å². The van der Waals surface area contributed by atoms with E-state index in [9.17, 15) is 39.5 Å². The van der Waals surface area contributed by atoms with Crippen molar-refractivity contribution in [3.63, 3.8) is 0 Å². The maximum Gasteiger partial charge on any atom is 0.472 e. The molecule has 14 heteroatoms. The molecular weight excluding hydrogens is 707 g/mol. The highest BCUT2D eigenvalue weighted by atomic mass is 31.2. The molecule has 0 aliphatic heterocycles. The van der Waals surface area contributed by atoms with Crippen molar-refractivity contribution in [2.24, 2.45) is 17.8 Å². The molecule has 6 N–H and O–H groups in total. The minimum absolute atomic E-state index is 0.0594. The summed E-state index contributed by atoms with van der Waals surface area (Å²) in [4.78, 5) is 35.0. The Morgan fingerprint density at radius 3 is 2.06 bits per heavy atom. The Hall–Kier alpha value is -1.41. The van der Waals surface area contributed by atoms with Gasteiger partial charge in [-0.25, -0.2) is 4.57 Å². The fraction of sp³-hybridized carbons (Fsp3) is 0.897. The van der Waals surface area contributed by atoms with Crippen molar-refractivity contribution in [3.05, 3.63) is 12.2 Å². The molecular formula is C39H73O13P. The van der Waals surface area contributed by atoms with Gasteiger partial charge in [-0.3, -0.25) is 18.6 Å². The predicted octanol–water partition coefficient (Wildman–Crippen LogP) is 6.29. The fourth-order valence-electron chi connectivity index (χ4n) is 6.48. The largest absolute Gasteiger partial charge is 0.472 e. The van der Waals surface area contributed by atoms with Gasteiger partial charge in [0, 0.05) is 25.2 Å². The lowest BCUT2D eigenvalue weighted by atomic mass is 9.88. The SMILES string of the molecule is CCCCC[C@H](O)/C=C/[C@@H]1[C@@H](CCCCCCC(=O)O[C@H](COC(=O)CCCCCCCCC(C)CC)COP(=O)(O)OC[C@@H](O)CO)[C@@H](O)C[C@H]1O. The number of esters is 2. The molecule has 53 heavy (non-hydrogen) atoms. The third-order valence-electron chi connectivity index (χ3n) is 10.1. The van der Waals surface area contributed by atoms with Gasteiger partial charge in [-0.15, -0.1) is 0 Å². The molecule has 0 bridgehead atoms. The van der Waals surface area contributed by atoms with Crippen LogP contribution in [0.15, 0.2) is 12.2 Å². The lowest BCUT2D eigenvalue weighted by molar-refractivity contribution is -0.161. The first-order chi connectivity index (χ1) is 25.3. The molecule has 1 aliphatic rings. The zero-order valence-corrected chi connectivity index (χ0v) is 33.6. The van der Waals surface area contributed by atoms with Crippen LogP contribution >= 0.6 is 7.82 Å². The van der Waals surface area contributed by atoms with Gasteiger partial charge >= 0.3 is 19.8 Å². The van der Waals surface area contributed by atoms with E-state index in [-0.39, 0.29) is 31.3 Å². The van der Waals surface area contributed by atoms with Crippen LogP contribution in [0.5, 0.6) is 0 Å². The van der Waals surface area contributed by atoms with Gasteiger partial charge in [0.15, 0.2) is 6.10 Å². The number of aliphatic hydroxyl groups excluding tert-OH is 5. The predicted molar refractivity (Wildman–Crippen MR) is 203 cm³/mol. The molecule has 2 unspecified atom stereocenters. The molecule has 1 fully saturated rings. The van der Waals surface area contributed by atoms with Gasteiger partial charge in [0.1, 0.15) is 12.7 Å². The summed E-state index contributed by atoms with van der Waals surface area (Å²) in [5.74, 6) is -0.645. The number of aliphatic hydroxyl groups is 5. The summed E-state index contributed by atoms with van der Waals surface area (Å²) in [5, 5.41) is 49.6. The quantitative estimate of drug-likeness (QED) is 0.0187. The Bertz CT molecular complexity index is 1030. The smallest absolute Gasteiger partial charge is 0.462 e. The maximum absolute atomic E-state index is 12.7. The van der Waals surface area contributed by atoms with Crippen LogP contribution in [0.4, 0.5) is 0 Å². The normalized spacial score (nSPS) is 22.4. The van der Waals surface area contributed by atoms with Crippen LogP contribution in [0, 0.1) is 17.8 Å². The lowest BCUT2D eigenvalue weighted by Crippen LogP contribution is -2.29. The maximum atomic E-state index is 12.7. The molecule has 0 radical (unpaired) electrons. The Morgan fingerprint density at radius 2 is 1.40 bits per heavy atom. The van der Waals surface area contributed by atoms with Gasteiger partial charge in [0.25, 0.3) is 0 Å². The van der Waals surface area contributed by atoms with Crippen LogP contribution in [0.25, 0.3) is 0 Å². The molecule has 0 aromatic heterocycles. The van der Waals surface area contributed by atoms with E-state index in [4.69, 9.17) is 19.1 Å². The van der Waals surface area contributed by atoms with Crippen molar-refractivity contribution >= 4 is 19.8 Å². The summed E-state index contributed by atoms with van der Waals surface area (Å²) < 4.78 is 32.6. The second kappa shape index (κ2) is 29.8. The van der Waals surface area contributed by atoms with E-state index in [0.29, 0.717) is 38.5 Å². The first-order valence-electron chi connectivity index (χ1n) is 20.3. The first kappa shape index (κ1) is 49.6. The van der Waals surface area contributed by atoms with E-state index in [1.54, 1.807) is 6.08 Å². The number of carbonyl (C=O) groups is 2. The molecule has 9 atom stereocenters. The van der Waals surface area contributed by atoms with Crippen LogP contribution < -0.4 is 0 Å². The van der Waals surface area contributed by atoms with Crippen molar-refractivity contribution < 1.29 is 63.1 Å². The molecule has 1 aliphatic carbocycles. The molecule has 0 saturated heterocycles. The van der Waals surface area contributed by atoms with Gasteiger partial charge in [0.05, 0.1) is 38.1 Å². The van der Waals surface area contributed by atoms with Crippen LogP contribution in [0.1, 0.15) is 149 Å². The Morgan fingerprint density at radius 1 is 0.792 bits per heavy atom. The van der Waals surface area contributed by atoms with Crippen LogP contribution in [0.2, 0.25) is 0 Å². The standard InChI is InChI=1S/C39H73O13P/c1-4-6-13-19-31(41)23-24-35-34(36(43)25-37(35)44)20-15-11-12-17-22-39(46)52-33(29-51-53(47,48)50-27-32(42)26-40)28-49-38(45)21-16-10-8-7-9-14-18-30(3)5-2/h23-24,30-37,40-44H,4-22,25-29H2,1-3H3,(H,47,48)/b24-23+/t30?,31-,32-,33+,34+,35+,36-,37+/m0/s1. The van der Waals surface area contributed by atoms with Crippen molar-refractivity contribution in [3.8, 4) is 0 Å². The van der Waals surface area contributed by atoms with Crippen LogP contribution in [0.3, 0.4) is 0 Å². The molecule has 1 saturated carbocycles. The van der Waals surface area contributed by atoms with Gasteiger partial charge in [-0.1, -0.05) is 116 Å². The average Bonchev–Trinajstić information content (AvgIpc) is 3.40. The zero-order chi connectivity index (χ0) is 39.5. The van der Waals surface area contributed by atoms with E-state index in [1.807, 2.05) is 6.08 Å². The van der Waals surface area contributed by atoms with Gasteiger partial charge in [0.2, 0.25) is 0 Å². The summed E-state index contributed by atoms with van der Waals surface area (Å²) in [5.41, 5.74) is 0. The minimum atomic E-state index is -4.67. The van der Waals surface area contributed by atoms with Crippen LogP contribution in [-0.4, -0.2) is 99.3 Å². The number of unbranched alkanes of at least 4 members (excludes halogenated alkanes) is 10. The summed E-state index contributed by atoms with van der Waals surface area (Å²) >= 11 is 0. The second-order valence-corrected chi connectivity index (χ2v) is 16.3. The molecule has 13 nitrogen and oxygen atoms in total. The monoisotopic (exact) mass is 780 g/mol. The second-order valence-electron chi connectivity index (χ2n) is 14.9. The van der Waals surface area contributed by atoms with E-state index < -0.39 is 70.1 Å². The van der Waals surface area contributed by atoms with Crippen molar-refractivity contribution in [1.82, 2.24) is 0 Å². The molecule has 0 amide bonds. The molecule has 0 heterocycles. The van der Waals surface area contributed by atoms with E-state index >= 15 is 0 Å². The highest BCUT2D eigenvalue weighted by Gasteiger charge is 2.39. The minimum Gasteiger partial charge on any atom is -0.462 e. The van der Waals surface area contributed by atoms with Crippen molar-refractivity contribution in [2.45, 2.75) is 180 Å². The van der Waals surface area contributed by atoms with E-state index in [1.165, 1.54) is 25.7 Å². The average molecular weight is 781 g/mol. The van der Waals surface area contributed by atoms with Gasteiger partial charge < -0.3 is 39.9 Å². The number of hydrogen-bond donors (Lipinski definition) is 6. The first-order valence-corrected chi connectivity index (χ1v) is 21.8. The lowest BCUT2D eigenvalue weighted by Gasteiger charge is -2.21. The molecule has 312 valence electrons. The third-order valence-corrected chi connectivity index (χ3v) is 11.0. The van der Waals surface area contributed by atoms with Gasteiger partial charge in [-0.05, 0) is 37.5 Å². The third kappa shape index (κ3) is 24.7. The van der Waals surface area contributed by atoms with E-state index in [2.05, 4.69) is 25.3 Å². The number of rotatable bonds is 33. The fourth-order valence-corrected chi connectivity index (χ4v) is 7.27. The molecule has 0 aromatic rings. The summed E-state index contributed by atoms with van der Waals surface area (Å²) in [6.07, 6.45) is 15.6. The number of ether oxygens (including phenoxy) is 2.